The molecule has 0 aromatic heterocycles. The van der Waals surface area contributed by atoms with Gasteiger partial charge in [-0.2, -0.15) is 0 Å². The van der Waals surface area contributed by atoms with Gasteiger partial charge >= 0.3 is 0 Å². The average Bonchev–Trinajstić information content (AvgIpc) is 2.58. The van der Waals surface area contributed by atoms with Gasteiger partial charge in [0.05, 0.1) is 21.3 Å². The van der Waals surface area contributed by atoms with Gasteiger partial charge in [-0.25, -0.2) is 0 Å². The number of nitrogens with two attached hydrogens (primary N) is 1. The molecule has 0 radical (unpaired) electrons. The van der Waals surface area contributed by atoms with Crippen molar-refractivity contribution in [2.75, 3.05) is 21.3 Å². The summed E-state index contributed by atoms with van der Waals surface area (Å²) >= 11 is 0. The van der Waals surface area contributed by atoms with Gasteiger partial charge in [0.1, 0.15) is 5.75 Å². The third kappa shape index (κ3) is 2.40. The van der Waals surface area contributed by atoms with Crippen molar-refractivity contribution < 1.29 is 19.0 Å². The summed E-state index contributed by atoms with van der Waals surface area (Å²) in [5.74, 6) is 1.45. The monoisotopic (exact) mass is 311 g/mol. The fourth-order valence-electron chi connectivity index (χ4n) is 2.79. The van der Waals surface area contributed by atoms with Crippen LogP contribution in [0, 0.1) is 0 Å². The molecule has 0 heterocycles. The van der Waals surface area contributed by atoms with Crippen LogP contribution in [0.1, 0.15) is 10.4 Å². The second kappa shape index (κ2) is 5.68. The first-order chi connectivity index (χ1) is 11.1. The smallest absolute Gasteiger partial charge is 0.249 e. The zero-order valence-corrected chi connectivity index (χ0v) is 13.2. The minimum absolute atomic E-state index is 0.461. The van der Waals surface area contributed by atoms with E-state index in [2.05, 4.69) is 0 Å². The van der Waals surface area contributed by atoms with Crippen LogP contribution in [0.5, 0.6) is 17.2 Å². The van der Waals surface area contributed by atoms with Gasteiger partial charge in [0, 0.05) is 5.56 Å². The number of benzene rings is 3. The van der Waals surface area contributed by atoms with Gasteiger partial charge in [-0.05, 0) is 57.9 Å². The van der Waals surface area contributed by atoms with Crippen LogP contribution in [-0.4, -0.2) is 27.2 Å². The van der Waals surface area contributed by atoms with E-state index >= 15 is 0 Å². The van der Waals surface area contributed by atoms with Crippen LogP contribution in [0.15, 0.2) is 36.4 Å². The molecule has 0 aliphatic rings. The topological polar surface area (TPSA) is 70.8 Å². The number of primary amides is 1. The van der Waals surface area contributed by atoms with Gasteiger partial charge in [-0.15, -0.1) is 0 Å². The highest BCUT2D eigenvalue weighted by Gasteiger charge is 2.14. The van der Waals surface area contributed by atoms with Crippen LogP contribution in [0.25, 0.3) is 21.5 Å². The molecule has 118 valence electrons. The maximum atomic E-state index is 11.8. The molecule has 3 aromatic rings. The number of carbonyl (C=O) groups excluding carboxylic acids is 1. The molecule has 0 aliphatic heterocycles. The number of hydrogen-bond acceptors (Lipinski definition) is 4. The first-order valence-corrected chi connectivity index (χ1v) is 7.05. The average molecular weight is 311 g/mol. The van der Waals surface area contributed by atoms with Crippen LogP contribution in [-0.2, 0) is 0 Å². The lowest BCUT2D eigenvalue weighted by atomic mass is 9.96. The fourth-order valence-corrected chi connectivity index (χ4v) is 2.79. The summed E-state index contributed by atoms with van der Waals surface area (Å²) in [6.07, 6.45) is 0. The van der Waals surface area contributed by atoms with Crippen LogP contribution in [0.4, 0.5) is 0 Å². The van der Waals surface area contributed by atoms with Gasteiger partial charge in [0.25, 0.3) is 0 Å². The zero-order chi connectivity index (χ0) is 16.6. The van der Waals surface area contributed by atoms with E-state index in [-0.39, 0.29) is 0 Å². The number of ether oxygens (including phenoxy) is 3. The largest absolute Gasteiger partial charge is 0.497 e. The highest BCUT2D eigenvalue weighted by Crippen LogP contribution is 2.38. The normalized spacial score (nSPS) is 10.7. The number of hydrogen-bond donors (Lipinski definition) is 1. The Labute approximate surface area is 133 Å². The maximum absolute atomic E-state index is 11.8. The Morgan fingerprint density at radius 2 is 1.52 bits per heavy atom. The third-order valence-corrected chi connectivity index (χ3v) is 3.93. The summed E-state index contributed by atoms with van der Waals surface area (Å²) in [7, 11) is 4.76. The Morgan fingerprint density at radius 1 is 0.826 bits per heavy atom. The molecular formula is C18H17NO4. The highest BCUT2D eigenvalue weighted by atomic mass is 16.5. The van der Waals surface area contributed by atoms with Crippen LogP contribution >= 0.6 is 0 Å². The molecule has 0 aliphatic carbocycles. The molecule has 0 saturated heterocycles. The number of amides is 1. The lowest BCUT2D eigenvalue weighted by Crippen LogP contribution is -2.11. The molecule has 0 saturated carbocycles. The molecular weight excluding hydrogens is 294 g/mol. The number of methoxy groups -OCH3 is 3. The van der Waals surface area contributed by atoms with E-state index in [4.69, 9.17) is 19.9 Å². The molecule has 0 unspecified atom stereocenters. The van der Waals surface area contributed by atoms with Gasteiger partial charge in [-0.1, -0.05) is 0 Å². The second-order valence-corrected chi connectivity index (χ2v) is 5.13. The quantitative estimate of drug-likeness (QED) is 0.752. The second-order valence-electron chi connectivity index (χ2n) is 5.13. The lowest BCUT2D eigenvalue weighted by molar-refractivity contribution is 0.100. The minimum Gasteiger partial charge on any atom is -0.497 e. The molecule has 3 rings (SSSR count). The van der Waals surface area contributed by atoms with E-state index in [1.165, 1.54) is 0 Å². The fraction of sp³-hybridized carbons (Fsp3) is 0.167. The predicted molar refractivity (Wildman–Crippen MR) is 89.6 cm³/mol. The van der Waals surface area contributed by atoms with Crippen molar-refractivity contribution in [1.29, 1.82) is 0 Å². The number of fused-ring (bicyclic) bond motifs is 3. The molecule has 1 amide bonds. The van der Waals surface area contributed by atoms with Crippen LogP contribution in [0.2, 0.25) is 0 Å². The zero-order valence-electron chi connectivity index (χ0n) is 13.2. The van der Waals surface area contributed by atoms with Crippen molar-refractivity contribution in [3.05, 3.63) is 42.0 Å². The van der Waals surface area contributed by atoms with Crippen molar-refractivity contribution in [1.82, 2.24) is 0 Å². The molecule has 5 heteroatoms. The molecule has 23 heavy (non-hydrogen) atoms. The van der Waals surface area contributed by atoms with E-state index in [1.54, 1.807) is 33.5 Å². The lowest BCUT2D eigenvalue weighted by Gasteiger charge is -2.13. The molecule has 2 N–H and O–H groups in total. The maximum Gasteiger partial charge on any atom is 0.249 e. The molecule has 3 aromatic carbocycles. The summed E-state index contributed by atoms with van der Waals surface area (Å²) < 4.78 is 16.0. The van der Waals surface area contributed by atoms with Gasteiger partial charge < -0.3 is 19.9 Å². The molecule has 5 nitrogen and oxygen atoms in total. The Morgan fingerprint density at radius 3 is 2.13 bits per heavy atom. The van der Waals surface area contributed by atoms with Crippen molar-refractivity contribution >= 4 is 27.5 Å². The summed E-state index contributed by atoms with van der Waals surface area (Å²) in [4.78, 5) is 11.8. The summed E-state index contributed by atoms with van der Waals surface area (Å²) in [5, 5.41) is 3.42. The molecule has 0 spiro atoms. The summed E-state index contributed by atoms with van der Waals surface area (Å²) in [6.45, 7) is 0. The Balaban J connectivity index is 2.49. The van der Waals surface area contributed by atoms with Gasteiger partial charge in [0.2, 0.25) is 5.91 Å². The third-order valence-electron chi connectivity index (χ3n) is 3.93. The first kappa shape index (κ1) is 15.0. The minimum atomic E-state index is -0.475. The number of rotatable bonds is 4. The summed E-state index contributed by atoms with van der Waals surface area (Å²) in [5.41, 5.74) is 6.00. The van der Waals surface area contributed by atoms with Crippen LogP contribution in [0.3, 0.4) is 0 Å². The standard InChI is InChI=1S/C18H17NO4/c1-21-11-4-5-12-14(8-11)13-9-17(23-3)16(22-2)7-10(13)6-15(12)18(19)20/h4-9H,1-3H3,(H2,19,20). The Hall–Kier alpha value is -2.95. The van der Waals surface area contributed by atoms with Gasteiger partial charge in [0.15, 0.2) is 11.5 Å². The predicted octanol–water partition coefficient (Wildman–Crippen LogP) is 3.12. The van der Waals surface area contributed by atoms with E-state index in [0.29, 0.717) is 22.8 Å². The molecule has 0 bridgehead atoms. The van der Waals surface area contributed by atoms with E-state index in [9.17, 15) is 4.79 Å². The van der Waals surface area contributed by atoms with Crippen molar-refractivity contribution in [2.24, 2.45) is 5.73 Å². The molecule has 0 atom stereocenters. The van der Waals surface area contributed by atoms with Crippen LogP contribution < -0.4 is 19.9 Å². The summed E-state index contributed by atoms with van der Waals surface area (Å²) in [6, 6.07) is 11.0. The SMILES string of the molecule is COc1ccc2c(C(N)=O)cc3cc(OC)c(OC)cc3c2c1. The first-order valence-electron chi connectivity index (χ1n) is 7.05. The van der Waals surface area contributed by atoms with Crippen molar-refractivity contribution in [3.8, 4) is 17.2 Å². The molecule has 0 fully saturated rings. The Kier molecular flexibility index (Phi) is 3.70. The van der Waals surface area contributed by atoms with E-state index < -0.39 is 5.91 Å². The highest BCUT2D eigenvalue weighted by molar-refractivity contribution is 6.17. The van der Waals surface area contributed by atoms with E-state index in [0.717, 1.165) is 21.5 Å². The Bertz CT molecular complexity index is 918. The van der Waals surface area contributed by atoms with Gasteiger partial charge in [-0.3, -0.25) is 4.79 Å². The van der Waals surface area contributed by atoms with Crippen molar-refractivity contribution in [2.45, 2.75) is 0 Å². The van der Waals surface area contributed by atoms with E-state index in [1.807, 2.05) is 24.3 Å². The van der Waals surface area contributed by atoms with Crippen molar-refractivity contribution in [3.63, 3.8) is 0 Å². The number of carbonyl (C=O) groups is 1.